The molecule has 1 unspecified atom stereocenters. The van der Waals surface area contributed by atoms with Gasteiger partial charge in [-0.25, -0.2) is 0 Å². The number of carbonyl (C=O) groups excluding carboxylic acids is 1. The Hall–Kier alpha value is -2.73. The van der Waals surface area contributed by atoms with E-state index in [1.165, 1.54) is 0 Å². The van der Waals surface area contributed by atoms with E-state index in [2.05, 4.69) is 24.5 Å². The second-order valence-electron chi connectivity index (χ2n) is 7.90. The predicted octanol–water partition coefficient (Wildman–Crippen LogP) is 4.72. The van der Waals surface area contributed by atoms with Crippen molar-refractivity contribution in [2.45, 2.75) is 39.2 Å². The van der Waals surface area contributed by atoms with Crippen molar-refractivity contribution in [1.82, 2.24) is 0 Å². The Kier molecular flexibility index (Phi) is 8.39. The SMILES string of the molecule is CC(C)CCOc1ccc(NCC(=O)Nc2ccccc2OCC2CCCO2)cc1. The van der Waals surface area contributed by atoms with Crippen LogP contribution in [0.4, 0.5) is 11.4 Å². The Balaban J connectivity index is 1.44. The van der Waals surface area contributed by atoms with Gasteiger partial charge in [0.25, 0.3) is 0 Å². The number of amides is 1. The van der Waals surface area contributed by atoms with E-state index in [9.17, 15) is 4.79 Å². The minimum Gasteiger partial charge on any atom is -0.494 e. The van der Waals surface area contributed by atoms with E-state index < -0.39 is 0 Å². The molecule has 30 heavy (non-hydrogen) atoms. The van der Waals surface area contributed by atoms with E-state index in [4.69, 9.17) is 14.2 Å². The number of hydrogen-bond acceptors (Lipinski definition) is 5. The van der Waals surface area contributed by atoms with Crippen LogP contribution in [0.15, 0.2) is 48.5 Å². The van der Waals surface area contributed by atoms with Crippen LogP contribution in [0, 0.1) is 5.92 Å². The molecule has 2 N–H and O–H groups in total. The van der Waals surface area contributed by atoms with Gasteiger partial charge >= 0.3 is 0 Å². The molecule has 0 saturated carbocycles. The maximum Gasteiger partial charge on any atom is 0.243 e. The lowest BCUT2D eigenvalue weighted by atomic mass is 10.1. The fourth-order valence-electron chi connectivity index (χ4n) is 3.11. The van der Waals surface area contributed by atoms with E-state index >= 15 is 0 Å². The van der Waals surface area contributed by atoms with Gasteiger partial charge < -0.3 is 24.8 Å². The van der Waals surface area contributed by atoms with Crippen LogP contribution in [0.1, 0.15) is 33.1 Å². The lowest BCUT2D eigenvalue weighted by Gasteiger charge is -2.15. The van der Waals surface area contributed by atoms with Gasteiger partial charge in [0.15, 0.2) is 0 Å². The summed E-state index contributed by atoms with van der Waals surface area (Å²) in [5.41, 5.74) is 1.53. The third-order valence-corrected chi connectivity index (χ3v) is 4.88. The summed E-state index contributed by atoms with van der Waals surface area (Å²) < 4.78 is 17.2. The Bertz CT molecular complexity index is 786. The van der Waals surface area contributed by atoms with Crippen molar-refractivity contribution >= 4 is 17.3 Å². The molecule has 0 aliphatic carbocycles. The zero-order chi connectivity index (χ0) is 21.2. The van der Waals surface area contributed by atoms with Crippen LogP contribution in [0.5, 0.6) is 11.5 Å². The molecule has 162 valence electrons. The van der Waals surface area contributed by atoms with Gasteiger partial charge in [0.1, 0.15) is 18.1 Å². The van der Waals surface area contributed by atoms with Crippen LogP contribution in [0.2, 0.25) is 0 Å². The first-order valence-electron chi connectivity index (χ1n) is 10.7. The van der Waals surface area contributed by atoms with Gasteiger partial charge in [0, 0.05) is 12.3 Å². The van der Waals surface area contributed by atoms with Crippen molar-refractivity contribution in [3.8, 4) is 11.5 Å². The fraction of sp³-hybridized carbons (Fsp3) is 0.458. The number of nitrogens with one attached hydrogen (secondary N) is 2. The smallest absolute Gasteiger partial charge is 0.243 e. The molecular formula is C24H32N2O4. The number of anilines is 2. The molecule has 6 nitrogen and oxygen atoms in total. The van der Waals surface area contributed by atoms with Crippen molar-refractivity contribution < 1.29 is 19.0 Å². The summed E-state index contributed by atoms with van der Waals surface area (Å²) >= 11 is 0. The molecule has 1 atom stereocenters. The molecule has 1 fully saturated rings. The van der Waals surface area contributed by atoms with Crippen molar-refractivity contribution in [3.63, 3.8) is 0 Å². The minimum atomic E-state index is -0.138. The van der Waals surface area contributed by atoms with Crippen LogP contribution in [0.3, 0.4) is 0 Å². The van der Waals surface area contributed by atoms with E-state index in [0.29, 0.717) is 30.6 Å². The van der Waals surface area contributed by atoms with Gasteiger partial charge in [-0.2, -0.15) is 0 Å². The molecule has 0 radical (unpaired) electrons. The van der Waals surface area contributed by atoms with Gasteiger partial charge in [-0.3, -0.25) is 4.79 Å². The molecule has 1 saturated heterocycles. The Morgan fingerprint density at radius 1 is 1.13 bits per heavy atom. The molecule has 1 aliphatic heterocycles. The molecule has 0 spiro atoms. The monoisotopic (exact) mass is 412 g/mol. The lowest BCUT2D eigenvalue weighted by molar-refractivity contribution is -0.114. The molecule has 1 aliphatic rings. The van der Waals surface area contributed by atoms with Crippen LogP contribution in [-0.4, -0.2) is 38.4 Å². The molecule has 2 aromatic rings. The summed E-state index contributed by atoms with van der Waals surface area (Å²) in [6.45, 7) is 6.51. The van der Waals surface area contributed by atoms with Gasteiger partial charge in [-0.1, -0.05) is 26.0 Å². The van der Waals surface area contributed by atoms with Crippen LogP contribution >= 0.6 is 0 Å². The summed E-state index contributed by atoms with van der Waals surface area (Å²) in [6.07, 6.45) is 3.25. The number of rotatable bonds is 11. The van der Waals surface area contributed by atoms with Gasteiger partial charge in [-0.15, -0.1) is 0 Å². The van der Waals surface area contributed by atoms with Crippen LogP contribution < -0.4 is 20.1 Å². The number of ether oxygens (including phenoxy) is 3. The molecule has 0 aromatic heterocycles. The third kappa shape index (κ3) is 7.26. The molecule has 1 heterocycles. The van der Waals surface area contributed by atoms with Crippen LogP contribution in [-0.2, 0) is 9.53 Å². The minimum absolute atomic E-state index is 0.132. The first-order valence-corrected chi connectivity index (χ1v) is 10.7. The molecule has 2 aromatic carbocycles. The maximum atomic E-state index is 12.4. The first kappa shape index (κ1) is 22.0. The first-order chi connectivity index (χ1) is 14.6. The number of carbonyl (C=O) groups is 1. The van der Waals surface area contributed by atoms with E-state index in [-0.39, 0.29) is 18.6 Å². The quantitative estimate of drug-likeness (QED) is 0.559. The molecule has 6 heteroatoms. The van der Waals surface area contributed by atoms with Gasteiger partial charge in [-0.05, 0) is 61.6 Å². The average Bonchev–Trinajstić information content (AvgIpc) is 3.26. The summed E-state index contributed by atoms with van der Waals surface area (Å²) in [7, 11) is 0. The van der Waals surface area contributed by atoms with Crippen molar-refractivity contribution in [2.75, 3.05) is 37.0 Å². The third-order valence-electron chi connectivity index (χ3n) is 4.88. The zero-order valence-electron chi connectivity index (χ0n) is 17.9. The molecule has 0 bridgehead atoms. The van der Waals surface area contributed by atoms with Crippen molar-refractivity contribution in [1.29, 1.82) is 0 Å². The topological polar surface area (TPSA) is 68.8 Å². The van der Waals surface area contributed by atoms with Crippen molar-refractivity contribution in [3.05, 3.63) is 48.5 Å². The zero-order valence-corrected chi connectivity index (χ0v) is 17.9. The molecule has 3 rings (SSSR count). The fourth-order valence-corrected chi connectivity index (χ4v) is 3.11. The highest BCUT2D eigenvalue weighted by Gasteiger charge is 2.17. The standard InChI is InChI=1S/C24H32N2O4/c1-18(2)13-15-29-20-11-9-19(10-12-20)25-16-24(27)26-22-7-3-4-8-23(22)30-17-21-6-5-14-28-21/h3-4,7-12,18,21,25H,5-6,13-17H2,1-2H3,(H,26,27). The largest absolute Gasteiger partial charge is 0.494 e. The maximum absolute atomic E-state index is 12.4. The van der Waals surface area contributed by atoms with Crippen LogP contribution in [0.25, 0.3) is 0 Å². The summed E-state index contributed by atoms with van der Waals surface area (Å²) in [6, 6.07) is 15.1. The van der Waals surface area contributed by atoms with Gasteiger partial charge in [0.05, 0.1) is 24.9 Å². The normalized spacial score (nSPS) is 15.8. The Morgan fingerprint density at radius 2 is 1.93 bits per heavy atom. The highest BCUT2D eigenvalue weighted by atomic mass is 16.5. The lowest BCUT2D eigenvalue weighted by Crippen LogP contribution is -2.22. The van der Waals surface area contributed by atoms with Gasteiger partial charge in [0.2, 0.25) is 5.91 Å². The predicted molar refractivity (Wildman–Crippen MR) is 119 cm³/mol. The van der Waals surface area contributed by atoms with E-state index in [1.807, 2.05) is 48.5 Å². The molecular weight excluding hydrogens is 380 g/mol. The number of benzene rings is 2. The average molecular weight is 413 g/mol. The second-order valence-corrected chi connectivity index (χ2v) is 7.90. The highest BCUT2D eigenvalue weighted by molar-refractivity contribution is 5.95. The summed E-state index contributed by atoms with van der Waals surface area (Å²) in [5.74, 6) is 1.98. The number of hydrogen-bond donors (Lipinski definition) is 2. The Labute approximate surface area is 178 Å². The van der Waals surface area contributed by atoms with Crippen molar-refractivity contribution in [2.24, 2.45) is 5.92 Å². The van der Waals surface area contributed by atoms with E-state index in [1.54, 1.807) is 0 Å². The number of para-hydroxylation sites is 2. The highest BCUT2D eigenvalue weighted by Crippen LogP contribution is 2.25. The summed E-state index contributed by atoms with van der Waals surface area (Å²) in [5, 5.41) is 6.05. The second kappa shape index (κ2) is 11.5. The summed E-state index contributed by atoms with van der Waals surface area (Å²) in [4.78, 5) is 12.4. The molecule has 1 amide bonds. The van der Waals surface area contributed by atoms with E-state index in [0.717, 1.165) is 37.3 Å². The Morgan fingerprint density at radius 3 is 2.67 bits per heavy atom.